The number of ether oxygens (including phenoxy) is 5. The standard InChI is InChI=1S/C30H29NO8S3/c1-30(2)26(40)23(29-41-24(27(33)38-6)25(42-29)28(34)39-7)18-15-17(35-3)10-11-19(18)31(30)22(32)13-9-16-8-12-20(36-4)21(14-16)37-5/h8-15H,1-7H3/b13-9+. The molecule has 0 aliphatic carbocycles. The van der Waals surface area contributed by atoms with Gasteiger partial charge in [-0.2, -0.15) is 0 Å². The van der Waals surface area contributed by atoms with Gasteiger partial charge in [0.25, 0.3) is 5.91 Å². The number of thioether (sulfide) groups is 2. The Kier molecular flexibility index (Phi) is 9.39. The summed E-state index contributed by atoms with van der Waals surface area (Å²) in [5.74, 6) is 0.0423. The van der Waals surface area contributed by atoms with Crippen LogP contribution in [0.4, 0.5) is 5.69 Å². The summed E-state index contributed by atoms with van der Waals surface area (Å²) in [5, 5.41) is 0. The lowest BCUT2D eigenvalue weighted by atomic mass is 9.83. The van der Waals surface area contributed by atoms with Crippen molar-refractivity contribution in [3.05, 3.63) is 67.6 Å². The largest absolute Gasteiger partial charge is 0.497 e. The lowest BCUT2D eigenvalue weighted by molar-refractivity contribution is -0.138. The van der Waals surface area contributed by atoms with E-state index in [0.717, 1.165) is 29.1 Å². The molecule has 2 aliphatic heterocycles. The fourth-order valence-electron chi connectivity index (χ4n) is 4.52. The zero-order valence-electron chi connectivity index (χ0n) is 24.1. The minimum Gasteiger partial charge on any atom is -0.497 e. The van der Waals surface area contributed by atoms with Crippen molar-refractivity contribution in [2.24, 2.45) is 0 Å². The molecule has 2 aromatic carbocycles. The van der Waals surface area contributed by atoms with E-state index in [9.17, 15) is 14.4 Å². The number of hydrogen-bond acceptors (Lipinski definition) is 11. The average molecular weight is 628 g/mol. The van der Waals surface area contributed by atoms with Gasteiger partial charge < -0.3 is 23.7 Å². The zero-order valence-corrected chi connectivity index (χ0v) is 26.5. The van der Waals surface area contributed by atoms with Crippen molar-refractivity contribution >= 4 is 75.8 Å². The van der Waals surface area contributed by atoms with Crippen molar-refractivity contribution in [2.75, 3.05) is 40.4 Å². The predicted molar refractivity (Wildman–Crippen MR) is 169 cm³/mol. The molecule has 0 fully saturated rings. The molecule has 2 aromatic rings. The summed E-state index contributed by atoms with van der Waals surface area (Å²) < 4.78 is 26.6. The summed E-state index contributed by atoms with van der Waals surface area (Å²) in [4.78, 5) is 41.3. The fourth-order valence-corrected chi connectivity index (χ4v) is 7.55. The molecule has 12 heteroatoms. The Bertz CT molecular complexity index is 1540. The molecular formula is C30H29NO8S3. The average Bonchev–Trinajstić information content (AvgIpc) is 3.44. The van der Waals surface area contributed by atoms with Crippen LogP contribution in [-0.2, 0) is 23.9 Å². The quantitative estimate of drug-likeness (QED) is 0.217. The number of carbonyl (C=O) groups excluding carboxylic acids is 3. The minimum absolute atomic E-state index is 0.110. The molecule has 0 saturated heterocycles. The summed E-state index contributed by atoms with van der Waals surface area (Å²) in [6.07, 6.45) is 3.17. The first-order chi connectivity index (χ1) is 20.0. The van der Waals surface area contributed by atoms with E-state index in [2.05, 4.69) is 0 Å². The van der Waals surface area contributed by atoms with Crippen LogP contribution in [0.2, 0.25) is 0 Å². The number of fused-ring (bicyclic) bond motifs is 1. The maximum Gasteiger partial charge on any atom is 0.346 e. The van der Waals surface area contributed by atoms with Gasteiger partial charge in [0.1, 0.15) is 15.6 Å². The van der Waals surface area contributed by atoms with E-state index in [1.54, 1.807) is 62.6 Å². The second-order valence-corrected chi connectivity index (χ2v) is 12.1. The molecular weight excluding hydrogens is 599 g/mol. The number of rotatable bonds is 7. The first-order valence-corrected chi connectivity index (χ1v) is 14.5. The Morgan fingerprint density at radius 3 is 2.00 bits per heavy atom. The second-order valence-electron chi connectivity index (χ2n) is 9.40. The third kappa shape index (κ3) is 5.66. The van der Waals surface area contributed by atoms with Gasteiger partial charge in [0.2, 0.25) is 0 Å². The normalized spacial score (nSPS) is 16.0. The number of hydrogen-bond donors (Lipinski definition) is 0. The van der Waals surface area contributed by atoms with Gasteiger partial charge in [-0.25, -0.2) is 9.59 Å². The Balaban J connectivity index is 1.82. The van der Waals surface area contributed by atoms with Crippen LogP contribution in [0.1, 0.15) is 25.0 Å². The molecule has 2 heterocycles. The number of anilines is 1. The Labute approximate surface area is 257 Å². The molecule has 0 bridgehead atoms. The summed E-state index contributed by atoms with van der Waals surface area (Å²) in [7, 11) is 7.13. The van der Waals surface area contributed by atoms with Crippen LogP contribution in [-0.4, -0.2) is 63.8 Å². The van der Waals surface area contributed by atoms with Crippen molar-refractivity contribution in [3.63, 3.8) is 0 Å². The van der Waals surface area contributed by atoms with Gasteiger partial charge in [-0.3, -0.25) is 9.69 Å². The highest BCUT2D eigenvalue weighted by Gasteiger charge is 2.45. The van der Waals surface area contributed by atoms with Gasteiger partial charge in [-0.15, -0.1) is 0 Å². The second kappa shape index (κ2) is 12.6. The zero-order chi connectivity index (χ0) is 30.8. The molecule has 2 aliphatic rings. The SMILES string of the molecule is COC(=O)C1=C(C(=O)OC)SC(=C2C(=S)C(C)(C)N(C(=O)/C=C/c3ccc(OC)c(OC)c3)c3ccc(OC)cc32)S1. The summed E-state index contributed by atoms with van der Waals surface area (Å²) >= 11 is 8.20. The number of carbonyl (C=O) groups is 3. The highest BCUT2D eigenvalue weighted by molar-refractivity contribution is 8.29. The van der Waals surface area contributed by atoms with Crippen LogP contribution in [0.15, 0.2) is 56.5 Å². The van der Waals surface area contributed by atoms with Gasteiger partial charge in [0, 0.05) is 17.2 Å². The van der Waals surface area contributed by atoms with Crippen LogP contribution >= 0.6 is 35.7 Å². The van der Waals surface area contributed by atoms with Crippen molar-refractivity contribution in [1.82, 2.24) is 0 Å². The van der Waals surface area contributed by atoms with E-state index in [1.807, 2.05) is 19.9 Å². The lowest BCUT2D eigenvalue weighted by Gasteiger charge is -2.45. The number of thiocarbonyl (C=S) groups is 1. The van der Waals surface area contributed by atoms with Crippen LogP contribution in [0, 0.1) is 0 Å². The molecule has 0 aromatic heterocycles. The summed E-state index contributed by atoms with van der Waals surface area (Å²) in [6.45, 7) is 3.71. The van der Waals surface area contributed by atoms with Gasteiger partial charge in [-0.05, 0) is 55.8 Å². The molecule has 0 spiro atoms. The number of amides is 1. The van der Waals surface area contributed by atoms with Gasteiger partial charge in [0.05, 0.1) is 55.9 Å². The highest BCUT2D eigenvalue weighted by atomic mass is 32.2. The van der Waals surface area contributed by atoms with Crippen LogP contribution in [0.5, 0.6) is 17.2 Å². The third-order valence-corrected chi connectivity index (χ3v) is 9.91. The number of methoxy groups -OCH3 is 5. The molecule has 1 amide bonds. The van der Waals surface area contributed by atoms with E-state index in [0.29, 0.717) is 43.2 Å². The monoisotopic (exact) mass is 627 g/mol. The summed E-state index contributed by atoms with van der Waals surface area (Å²) in [5.41, 5.74) is 1.60. The molecule has 220 valence electrons. The van der Waals surface area contributed by atoms with Gasteiger partial charge in [0.15, 0.2) is 11.5 Å². The van der Waals surface area contributed by atoms with E-state index in [-0.39, 0.29) is 15.7 Å². The first-order valence-electron chi connectivity index (χ1n) is 12.5. The van der Waals surface area contributed by atoms with Gasteiger partial charge in [-0.1, -0.05) is 41.8 Å². The van der Waals surface area contributed by atoms with E-state index >= 15 is 0 Å². The third-order valence-electron chi connectivity index (χ3n) is 6.64. The molecule has 9 nitrogen and oxygen atoms in total. The van der Waals surface area contributed by atoms with E-state index in [1.165, 1.54) is 20.3 Å². The van der Waals surface area contributed by atoms with Gasteiger partial charge >= 0.3 is 11.9 Å². The maximum atomic E-state index is 13.9. The van der Waals surface area contributed by atoms with Crippen molar-refractivity contribution in [3.8, 4) is 17.2 Å². The minimum atomic E-state index is -0.973. The Hall–Kier alpha value is -3.74. The van der Waals surface area contributed by atoms with E-state index < -0.39 is 17.5 Å². The molecule has 0 atom stereocenters. The predicted octanol–water partition coefficient (Wildman–Crippen LogP) is 5.63. The van der Waals surface area contributed by atoms with Crippen LogP contribution in [0.25, 0.3) is 11.6 Å². The van der Waals surface area contributed by atoms with Crippen LogP contribution < -0.4 is 19.1 Å². The van der Waals surface area contributed by atoms with Crippen molar-refractivity contribution < 1.29 is 38.1 Å². The van der Waals surface area contributed by atoms with Crippen molar-refractivity contribution in [1.29, 1.82) is 0 Å². The summed E-state index contributed by atoms with van der Waals surface area (Å²) in [6, 6.07) is 10.7. The fraction of sp³-hybridized carbons (Fsp3) is 0.267. The lowest BCUT2D eigenvalue weighted by Crippen LogP contribution is -2.55. The Morgan fingerprint density at radius 2 is 1.45 bits per heavy atom. The number of nitrogens with zero attached hydrogens (tertiary/aromatic N) is 1. The van der Waals surface area contributed by atoms with E-state index in [4.69, 9.17) is 35.9 Å². The number of benzene rings is 2. The molecule has 0 saturated carbocycles. The van der Waals surface area contributed by atoms with Crippen LogP contribution in [0.3, 0.4) is 0 Å². The molecule has 0 radical (unpaired) electrons. The first kappa shape index (κ1) is 31.2. The molecule has 0 N–H and O–H groups in total. The maximum absolute atomic E-state index is 13.9. The number of esters is 2. The molecule has 42 heavy (non-hydrogen) atoms. The van der Waals surface area contributed by atoms with Crippen molar-refractivity contribution in [2.45, 2.75) is 19.4 Å². The smallest absolute Gasteiger partial charge is 0.346 e. The highest BCUT2D eigenvalue weighted by Crippen LogP contribution is 2.56. The topological polar surface area (TPSA) is 101 Å². The Morgan fingerprint density at radius 1 is 0.833 bits per heavy atom. The molecule has 4 rings (SSSR count). The molecule has 0 unspecified atom stereocenters.